The number of benzene rings is 2. The lowest BCUT2D eigenvalue weighted by molar-refractivity contribution is -0.116. The molecule has 2 heterocycles. The summed E-state index contributed by atoms with van der Waals surface area (Å²) < 4.78 is 6.52. The summed E-state index contributed by atoms with van der Waals surface area (Å²) in [4.78, 5) is 28.8. The van der Waals surface area contributed by atoms with Gasteiger partial charge in [-0.2, -0.15) is 0 Å². The lowest BCUT2D eigenvalue weighted by Crippen LogP contribution is -2.31. The van der Waals surface area contributed by atoms with Gasteiger partial charge in [-0.05, 0) is 61.2 Å². The van der Waals surface area contributed by atoms with Crippen LogP contribution in [0, 0.1) is 0 Å². The predicted octanol–water partition coefficient (Wildman–Crippen LogP) is 4.34. The standard InChI is InChI=1S/C22H23BrN2O3/c1-14(26)24-11-9-15-12-16(5-7-19(15)24)22(27)25-10-3-4-20(25)18-13-17(23)6-8-21(18)28-2/h5-8,12-13,20H,3-4,9-11H2,1-2H3. The summed E-state index contributed by atoms with van der Waals surface area (Å²) >= 11 is 3.53. The van der Waals surface area contributed by atoms with E-state index in [1.165, 1.54) is 0 Å². The van der Waals surface area contributed by atoms with E-state index >= 15 is 0 Å². The lowest BCUT2D eigenvalue weighted by atomic mass is 10.0. The van der Waals surface area contributed by atoms with Crippen molar-refractivity contribution < 1.29 is 14.3 Å². The molecule has 1 fully saturated rings. The molecular formula is C22H23BrN2O3. The minimum Gasteiger partial charge on any atom is -0.496 e. The Morgan fingerprint density at radius 2 is 1.96 bits per heavy atom. The number of amides is 2. The molecule has 0 N–H and O–H groups in total. The summed E-state index contributed by atoms with van der Waals surface area (Å²) in [5.41, 5.74) is 3.71. The van der Waals surface area contributed by atoms with Gasteiger partial charge in [-0.15, -0.1) is 0 Å². The summed E-state index contributed by atoms with van der Waals surface area (Å²) in [5.74, 6) is 0.881. The number of ether oxygens (including phenoxy) is 1. The van der Waals surface area contributed by atoms with Crippen LogP contribution in [0.3, 0.4) is 0 Å². The second kappa shape index (κ2) is 7.59. The number of hydrogen-bond acceptors (Lipinski definition) is 3. The molecule has 0 aromatic heterocycles. The van der Waals surface area contributed by atoms with E-state index in [0.29, 0.717) is 12.1 Å². The predicted molar refractivity (Wildman–Crippen MR) is 112 cm³/mol. The van der Waals surface area contributed by atoms with E-state index in [9.17, 15) is 9.59 Å². The van der Waals surface area contributed by atoms with Crippen molar-refractivity contribution in [3.05, 3.63) is 57.6 Å². The highest BCUT2D eigenvalue weighted by Gasteiger charge is 2.33. The minimum absolute atomic E-state index is 0.00178. The number of methoxy groups -OCH3 is 1. The number of halogens is 1. The van der Waals surface area contributed by atoms with Crippen molar-refractivity contribution in [3.8, 4) is 5.75 Å². The van der Waals surface area contributed by atoms with Crippen LogP contribution in [0.1, 0.15) is 47.3 Å². The highest BCUT2D eigenvalue weighted by molar-refractivity contribution is 9.10. The topological polar surface area (TPSA) is 49.9 Å². The molecule has 0 bridgehead atoms. The monoisotopic (exact) mass is 442 g/mol. The molecule has 146 valence electrons. The molecule has 5 nitrogen and oxygen atoms in total. The maximum atomic E-state index is 13.3. The normalized spacial score (nSPS) is 18.3. The van der Waals surface area contributed by atoms with Gasteiger partial charge in [-0.1, -0.05) is 15.9 Å². The molecule has 2 aliphatic rings. The van der Waals surface area contributed by atoms with Crippen molar-refractivity contribution in [3.63, 3.8) is 0 Å². The number of nitrogens with zero attached hydrogens (tertiary/aromatic N) is 2. The van der Waals surface area contributed by atoms with Gasteiger partial charge in [0.05, 0.1) is 13.2 Å². The maximum absolute atomic E-state index is 13.3. The molecule has 1 saturated heterocycles. The fraction of sp³-hybridized carbons (Fsp3) is 0.364. The first-order valence-corrected chi connectivity index (χ1v) is 10.3. The SMILES string of the molecule is COc1ccc(Br)cc1C1CCCN1C(=O)c1ccc2c(c1)CCN2C(C)=O. The van der Waals surface area contributed by atoms with Gasteiger partial charge in [0.2, 0.25) is 5.91 Å². The summed E-state index contributed by atoms with van der Waals surface area (Å²) in [7, 11) is 1.66. The molecule has 2 aliphatic heterocycles. The first-order chi connectivity index (χ1) is 13.5. The average molecular weight is 443 g/mol. The second-order valence-electron chi connectivity index (χ2n) is 7.31. The molecule has 28 heavy (non-hydrogen) atoms. The summed E-state index contributed by atoms with van der Waals surface area (Å²) in [6, 6.07) is 11.6. The third-order valence-electron chi connectivity index (χ3n) is 5.67. The van der Waals surface area contributed by atoms with E-state index in [1.54, 1.807) is 18.9 Å². The zero-order chi connectivity index (χ0) is 19.8. The molecule has 1 unspecified atom stereocenters. The minimum atomic E-state index is 0.00178. The number of hydrogen-bond donors (Lipinski definition) is 0. The molecule has 6 heteroatoms. The molecule has 2 aromatic rings. The molecule has 0 saturated carbocycles. The Kier molecular flexibility index (Phi) is 5.15. The molecule has 4 rings (SSSR count). The van der Waals surface area contributed by atoms with Gasteiger partial charge < -0.3 is 14.5 Å². The van der Waals surface area contributed by atoms with Crippen LogP contribution in [-0.2, 0) is 11.2 Å². The Balaban J connectivity index is 1.63. The summed E-state index contributed by atoms with van der Waals surface area (Å²) in [6.45, 7) is 2.99. The third-order valence-corrected chi connectivity index (χ3v) is 6.16. The van der Waals surface area contributed by atoms with E-state index in [-0.39, 0.29) is 17.9 Å². The summed E-state index contributed by atoms with van der Waals surface area (Å²) in [5, 5.41) is 0. The van der Waals surface area contributed by atoms with Gasteiger partial charge in [0.25, 0.3) is 5.91 Å². The molecule has 0 aliphatic carbocycles. The van der Waals surface area contributed by atoms with Crippen LogP contribution in [-0.4, -0.2) is 36.9 Å². The Labute approximate surface area is 173 Å². The van der Waals surface area contributed by atoms with Gasteiger partial charge in [0, 0.05) is 41.3 Å². The van der Waals surface area contributed by atoms with Gasteiger partial charge in [-0.3, -0.25) is 9.59 Å². The molecular weight excluding hydrogens is 420 g/mol. The number of likely N-dealkylation sites (tertiary alicyclic amines) is 1. The van der Waals surface area contributed by atoms with Gasteiger partial charge in [-0.25, -0.2) is 0 Å². The van der Waals surface area contributed by atoms with E-state index < -0.39 is 0 Å². The fourth-order valence-corrected chi connectivity index (χ4v) is 4.71. The smallest absolute Gasteiger partial charge is 0.254 e. The van der Waals surface area contributed by atoms with E-state index in [0.717, 1.165) is 52.8 Å². The Hall–Kier alpha value is -2.34. The van der Waals surface area contributed by atoms with Crippen molar-refractivity contribution in [1.82, 2.24) is 4.90 Å². The van der Waals surface area contributed by atoms with Crippen LogP contribution >= 0.6 is 15.9 Å². The van der Waals surface area contributed by atoms with Crippen LogP contribution < -0.4 is 9.64 Å². The highest BCUT2D eigenvalue weighted by Crippen LogP contribution is 2.39. The zero-order valence-corrected chi connectivity index (χ0v) is 17.7. The van der Waals surface area contributed by atoms with Gasteiger partial charge in [0.1, 0.15) is 5.75 Å². The summed E-state index contributed by atoms with van der Waals surface area (Å²) in [6.07, 6.45) is 2.68. The van der Waals surface area contributed by atoms with Gasteiger partial charge in [0.15, 0.2) is 0 Å². The van der Waals surface area contributed by atoms with E-state index in [2.05, 4.69) is 15.9 Å². The number of rotatable bonds is 3. The molecule has 0 spiro atoms. The van der Waals surface area contributed by atoms with Crippen LogP contribution in [0.15, 0.2) is 40.9 Å². The number of anilines is 1. The Bertz CT molecular complexity index is 943. The lowest BCUT2D eigenvalue weighted by Gasteiger charge is -2.27. The van der Waals surface area contributed by atoms with Crippen molar-refractivity contribution in [2.75, 3.05) is 25.1 Å². The second-order valence-corrected chi connectivity index (χ2v) is 8.22. The molecule has 2 aromatic carbocycles. The van der Waals surface area contributed by atoms with Crippen molar-refractivity contribution in [1.29, 1.82) is 0 Å². The Morgan fingerprint density at radius 1 is 1.14 bits per heavy atom. The first-order valence-electron chi connectivity index (χ1n) is 9.55. The third kappa shape index (κ3) is 3.30. The van der Waals surface area contributed by atoms with Gasteiger partial charge >= 0.3 is 0 Å². The number of fused-ring (bicyclic) bond motifs is 1. The van der Waals surface area contributed by atoms with E-state index in [1.807, 2.05) is 41.3 Å². The van der Waals surface area contributed by atoms with Crippen molar-refractivity contribution >= 4 is 33.4 Å². The molecule has 2 amide bonds. The Morgan fingerprint density at radius 3 is 2.71 bits per heavy atom. The average Bonchev–Trinajstić information content (AvgIpc) is 3.33. The highest BCUT2D eigenvalue weighted by atomic mass is 79.9. The van der Waals surface area contributed by atoms with Crippen LogP contribution in [0.2, 0.25) is 0 Å². The quantitative estimate of drug-likeness (QED) is 0.709. The van der Waals surface area contributed by atoms with Crippen molar-refractivity contribution in [2.24, 2.45) is 0 Å². The molecule has 1 atom stereocenters. The number of carbonyl (C=O) groups excluding carboxylic acids is 2. The van der Waals surface area contributed by atoms with E-state index in [4.69, 9.17) is 4.74 Å². The zero-order valence-electron chi connectivity index (χ0n) is 16.1. The van der Waals surface area contributed by atoms with Crippen LogP contribution in [0.4, 0.5) is 5.69 Å². The fourth-order valence-electron chi connectivity index (χ4n) is 4.33. The number of carbonyl (C=O) groups is 2. The van der Waals surface area contributed by atoms with Crippen LogP contribution in [0.5, 0.6) is 5.75 Å². The van der Waals surface area contributed by atoms with Crippen LogP contribution in [0.25, 0.3) is 0 Å². The molecule has 0 radical (unpaired) electrons. The van der Waals surface area contributed by atoms with Crippen molar-refractivity contribution in [2.45, 2.75) is 32.2 Å². The maximum Gasteiger partial charge on any atom is 0.254 e. The largest absolute Gasteiger partial charge is 0.496 e. The first kappa shape index (κ1) is 19.0.